The number of aryl methyl sites for hydroxylation is 3. The van der Waals surface area contributed by atoms with Gasteiger partial charge in [0.25, 0.3) is 0 Å². The lowest BCUT2D eigenvalue weighted by atomic mass is 10.1. The van der Waals surface area contributed by atoms with E-state index in [0.717, 1.165) is 16.9 Å². The van der Waals surface area contributed by atoms with Crippen LogP contribution in [0.3, 0.4) is 0 Å². The summed E-state index contributed by atoms with van der Waals surface area (Å²) < 4.78 is 5.79. The number of hydrogen-bond donors (Lipinski definition) is 1. The Hall–Kier alpha value is -2.59. The second-order valence-corrected chi connectivity index (χ2v) is 6.76. The number of nitrogens with zero attached hydrogens (tertiary/aromatic N) is 1. The highest BCUT2D eigenvalue weighted by molar-refractivity contribution is 6.30. The number of benzene rings is 2. The van der Waals surface area contributed by atoms with Gasteiger partial charge < -0.3 is 9.73 Å². The van der Waals surface area contributed by atoms with Gasteiger partial charge in [-0.2, -0.15) is 0 Å². The van der Waals surface area contributed by atoms with E-state index in [1.54, 1.807) is 6.20 Å². The molecule has 0 fully saturated rings. The average molecular weight is 369 g/mol. The summed E-state index contributed by atoms with van der Waals surface area (Å²) in [5, 5.41) is 3.57. The summed E-state index contributed by atoms with van der Waals surface area (Å²) in [6.07, 6.45) is 2.52. The van der Waals surface area contributed by atoms with Crippen LogP contribution in [0.4, 0.5) is 0 Å². The van der Waals surface area contributed by atoms with E-state index in [1.165, 1.54) is 11.1 Å². The van der Waals surface area contributed by atoms with Crippen molar-refractivity contribution >= 4 is 17.5 Å². The summed E-state index contributed by atoms with van der Waals surface area (Å²) in [6.45, 7) is 4.63. The summed E-state index contributed by atoms with van der Waals surface area (Å²) in [7, 11) is 0. The van der Waals surface area contributed by atoms with Gasteiger partial charge >= 0.3 is 0 Å². The van der Waals surface area contributed by atoms with E-state index in [2.05, 4.69) is 36.3 Å². The summed E-state index contributed by atoms with van der Waals surface area (Å²) >= 11 is 5.85. The maximum Gasteiger partial charge on any atom is 0.220 e. The van der Waals surface area contributed by atoms with E-state index in [9.17, 15) is 4.79 Å². The minimum atomic E-state index is -0.0362. The van der Waals surface area contributed by atoms with E-state index in [-0.39, 0.29) is 5.91 Å². The Labute approximate surface area is 158 Å². The quantitative estimate of drug-likeness (QED) is 0.675. The lowest BCUT2D eigenvalue weighted by Crippen LogP contribution is -2.22. The van der Waals surface area contributed by atoms with Gasteiger partial charge in [-0.1, -0.05) is 35.9 Å². The van der Waals surface area contributed by atoms with Crippen LogP contribution in [0.5, 0.6) is 0 Å². The Morgan fingerprint density at radius 2 is 1.88 bits per heavy atom. The molecule has 3 aromatic rings. The standard InChI is InChI=1S/C21H21ClN2O2/c1-14-3-6-17(11-15(14)2)19-13-24-21(26-19)10-9-20(25)23-12-16-4-7-18(22)8-5-16/h3-8,11,13H,9-10,12H2,1-2H3,(H,23,25). The third kappa shape index (κ3) is 4.73. The van der Waals surface area contributed by atoms with Crippen LogP contribution in [-0.4, -0.2) is 10.9 Å². The highest BCUT2D eigenvalue weighted by atomic mass is 35.5. The molecule has 1 N–H and O–H groups in total. The molecule has 0 bridgehead atoms. The smallest absolute Gasteiger partial charge is 0.220 e. The number of carbonyl (C=O) groups excluding carboxylic acids is 1. The summed E-state index contributed by atoms with van der Waals surface area (Å²) in [5.74, 6) is 1.26. The highest BCUT2D eigenvalue weighted by Gasteiger charge is 2.09. The van der Waals surface area contributed by atoms with Gasteiger partial charge in [-0.05, 0) is 48.7 Å². The molecule has 26 heavy (non-hydrogen) atoms. The Kier molecular flexibility index (Phi) is 5.74. The Balaban J connectivity index is 1.51. The van der Waals surface area contributed by atoms with Crippen molar-refractivity contribution in [2.24, 2.45) is 0 Å². The van der Waals surface area contributed by atoms with Gasteiger partial charge in [0.1, 0.15) is 0 Å². The molecule has 0 saturated heterocycles. The fraction of sp³-hybridized carbons (Fsp3) is 0.238. The topological polar surface area (TPSA) is 55.1 Å². The Bertz CT molecular complexity index is 901. The molecule has 0 radical (unpaired) electrons. The molecule has 0 aliphatic carbocycles. The monoisotopic (exact) mass is 368 g/mol. The maximum atomic E-state index is 12.0. The van der Waals surface area contributed by atoms with Crippen molar-refractivity contribution in [2.45, 2.75) is 33.2 Å². The van der Waals surface area contributed by atoms with Crippen molar-refractivity contribution in [3.63, 3.8) is 0 Å². The van der Waals surface area contributed by atoms with Gasteiger partial charge in [-0.3, -0.25) is 4.79 Å². The first-order chi connectivity index (χ1) is 12.5. The number of rotatable bonds is 6. The van der Waals surface area contributed by atoms with Crippen molar-refractivity contribution in [3.05, 3.63) is 76.3 Å². The molecule has 134 valence electrons. The van der Waals surface area contributed by atoms with E-state index in [1.807, 2.05) is 30.3 Å². The third-order valence-corrected chi connectivity index (χ3v) is 4.57. The first-order valence-electron chi connectivity index (χ1n) is 8.55. The van der Waals surface area contributed by atoms with Gasteiger partial charge in [-0.15, -0.1) is 0 Å². The number of aromatic nitrogens is 1. The molecule has 4 nitrogen and oxygen atoms in total. The normalized spacial score (nSPS) is 10.7. The highest BCUT2D eigenvalue weighted by Crippen LogP contribution is 2.23. The number of oxazole rings is 1. The number of hydrogen-bond acceptors (Lipinski definition) is 3. The van der Waals surface area contributed by atoms with Crippen LogP contribution in [0.1, 0.15) is 29.0 Å². The average Bonchev–Trinajstić information content (AvgIpc) is 3.11. The Morgan fingerprint density at radius 1 is 1.12 bits per heavy atom. The maximum absolute atomic E-state index is 12.0. The van der Waals surface area contributed by atoms with Crippen LogP contribution in [0.2, 0.25) is 5.02 Å². The van der Waals surface area contributed by atoms with Gasteiger partial charge in [-0.25, -0.2) is 4.98 Å². The Morgan fingerprint density at radius 3 is 2.62 bits per heavy atom. The summed E-state index contributed by atoms with van der Waals surface area (Å²) in [4.78, 5) is 16.3. The molecule has 0 aliphatic heterocycles. The first-order valence-corrected chi connectivity index (χ1v) is 8.92. The van der Waals surface area contributed by atoms with Gasteiger partial charge in [0.15, 0.2) is 11.7 Å². The molecular weight excluding hydrogens is 348 g/mol. The van der Waals surface area contributed by atoms with Crippen molar-refractivity contribution in [3.8, 4) is 11.3 Å². The van der Waals surface area contributed by atoms with Crippen LogP contribution in [0.25, 0.3) is 11.3 Å². The van der Waals surface area contributed by atoms with Gasteiger partial charge in [0.05, 0.1) is 6.20 Å². The number of halogens is 1. The van der Waals surface area contributed by atoms with E-state index >= 15 is 0 Å². The lowest BCUT2D eigenvalue weighted by Gasteiger charge is -2.05. The fourth-order valence-electron chi connectivity index (χ4n) is 2.57. The van der Waals surface area contributed by atoms with E-state index in [4.69, 9.17) is 16.0 Å². The van der Waals surface area contributed by atoms with E-state index < -0.39 is 0 Å². The number of carbonyl (C=O) groups is 1. The molecule has 0 atom stereocenters. The molecule has 1 amide bonds. The predicted octanol–water partition coefficient (Wildman–Crippen LogP) is 4.86. The second-order valence-electron chi connectivity index (χ2n) is 6.32. The minimum absolute atomic E-state index is 0.0362. The minimum Gasteiger partial charge on any atom is -0.441 e. The van der Waals surface area contributed by atoms with Crippen LogP contribution < -0.4 is 5.32 Å². The molecule has 1 heterocycles. The molecule has 5 heteroatoms. The lowest BCUT2D eigenvalue weighted by molar-refractivity contribution is -0.121. The third-order valence-electron chi connectivity index (χ3n) is 4.31. The van der Waals surface area contributed by atoms with Gasteiger partial charge in [0.2, 0.25) is 5.91 Å². The molecule has 0 spiro atoms. The zero-order valence-electron chi connectivity index (χ0n) is 14.9. The van der Waals surface area contributed by atoms with Crippen LogP contribution in [0.15, 0.2) is 53.1 Å². The molecule has 2 aromatic carbocycles. The summed E-state index contributed by atoms with van der Waals surface area (Å²) in [6, 6.07) is 13.6. The first kappa shape index (κ1) is 18.2. The van der Waals surface area contributed by atoms with Crippen molar-refractivity contribution < 1.29 is 9.21 Å². The van der Waals surface area contributed by atoms with Crippen molar-refractivity contribution in [1.82, 2.24) is 10.3 Å². The molecule has 3 rings (SSSR count). The molecule has 0 aliphatic rings. The fourth-order valence-corrected chi connectivity index (χ4v) is 2.69. The van der Waals surface area contributed by atoms with E-state index in [0.29, 0.717) is 30.3 Å². The number of amides is 1. The molecule has 0 unspecified atom stereocenters. The predicted molar refractivity (Wildman–Crippen MR) is 103 cm³/mol. The van der Waals surface area contributed by atoms with Crippen LogP contribution in [-0.2, 0) is 17.8 Å². The second kappa shape index (κ2) is 8.19. The van der Waals surface area contributed by atoms with Crippen LogP contribution >= 0.6 is 11.6 Å². The zero-order valence-corrected chi connectivity index (χ0v) is 15.6. The largest absolute Gasteiger partial charge is 0.441 e. The SMILES string of the molecule is Cc1ccc(-c2cnc(CCC(=O)NCc3ccc(Cl)cc3)o2)cc1C. The molecular formula is C21H21ClN2O2. The van der Waals surface area contributed by atoms with Crippen molar-refractivity contribution in [1.29, 1.82) is 0 Å². The van der Waals surface area contributed by atoms with Gasteiger partial charge in [0, 0.05) is 30.0 Å². The number of nitrogens with one attached hydrogen (secondary N) is 1. The van der Waals surface area contributed by atoms with Crippen LogP contribution in [0, 0.1) is 13.8 Å². The molecule has 1 aromatic heterocycles. The van der Waals surface area contributed by atoms with Crippen molar-refractivity contribution in [2.75, 3.05) is 0 Å². The summed E-state index contributed by atoms with van der Waals surface area (Å²) in [5.41, 5.74) is 4.46. The molecule has 0 saturated carbocycles. The zero-order chi connectivity index (χ0) is 18.5.